The summed E-state index contributed by atoms with van der Waals surface area (Å²) in [5.41, 5.74) is 5.39. The van der Waals surface area contributed by atoms with Crippen LogP contribution in [0.15, 0.2) is 48.7 Å². The van der Waals surface area contributed by atoms with Crippen LogP contribution in [-0.4, -0.2) is 34.6 Å². The second kappa shape index (κ2) is 11.0. The summed E-state index contributed by atoms with van der Waals surface area (Å²) in [5.74, 6) is -1.65. The summed E-state index contributed by atoms with van der Waals surface area (Å²) in [6.45, 7) is 0.474. The first kappa shape index (κ1) is 26.3. The molecule has 1 aromatic heterocycles. The average molecular weight is 509 g/mol. The highest BCUT2D eigenvalue weighted by Gasteiger charge is 2.39. The Labute approximate surface area is 201 Å². The molecule has 0 unspecified atom stereocenters. The number of urea groups is 1. The fourth-order valence-electron chi connectivity index (χ4n) is 3.25. The number of carbonyl (C=O) groups is 2. The number of primary amides is 1. The molecule has 0 bridgehead atoms. The number of rotatable bonds is 7. The minimum Gasteiger partial charge on any atom is -0.437 e. The van der Waals surface area contributed by atoms with E-state index in [1.807, 2.05) is 5.32 Å². The molecule has 0 saturated carbocycles. The van der Waals surface area contributed by atoms with E-state index in [0.717, 1.165) is 6.07 Å². The summed E-state index contributed by atoms with van der Waals surface area (Å²) >= 11 is 0. The van der Waals surface area contributed by atoms with E-state index in [2.05, 4.69) is 20.3 Å². The van der Waals surface area contributed by atoms with E-state index in [4.69, 9.17) is 5.73 Å². The van der Waals surface area contributed by atoms with Crippen molar-refractivity contribution in [2.75, 3.05) is 5.32 Å². The number of anilines is 1. The Morgan fingerprint density at radius 1 is 1.08 bits per heavy atom. The first-order valence-electron chi connectivity index (χ1n) is 10.4. The van der Waals surface area contributed by atoms with E-state index < -0.39 is 41.7 Å². The maximum Gasteiger partial charge on any atom is 0.425 e. The van der Waals surface area contributed by atoms with E-state index in [9.17, 15) is 27.2 Å². The number of halogens is 5. The number of ether oxygens (including phenoxy) is 1. The van der Waals surface area contributed by atoms with Gasteiger partial charge in [0.2, 0.25) is 0 Å². The van der Waals surface area contributed by atoms with Gasteiger partial charge in [0.05, 0.1) is 24.1 Å². The molecule has 4 N–H and O–H groups in total. The molecule has 3 rings (SSSR count). The fraction of sp³-hybridized carbons (Fsp3) is 0.217. The number of nitrogens with zero attached hydrogens (tertiary/aromatic N) is 2. The third-order valence-electron chi connectivity index (χ3n) is 5.07. The number of hydrogen-bond donors (Lipinski definition) is 3. The van der Waals surface area contributed by atoms with Crippen LogP contribution in [0.2, 0.25) is 0 Å². The Balaban J connectivity index is 2.05. The molecule has 0 fully saturated rings. The molecule has 1 heterocycles. The van der Waals surface area contributed by atoms with Crippen LogP contribution in [0.3, 0.4) is 0 Å². The first-order valence-corrected chi connectivity index (χ1v) is 10.4. The lowest BCUT2D eigenvalue weighted by Gasteiger charge is -2.19. The minimum absolute atomic E-state index is 0.102. The van der Waals surface area contributed by atoms with Crippen molar-refractivity contribution in [3.63, 3.8) is 0 Å². The molecule has 1 atom stereocenters. The number of carbonyl (C=O) groups excluding carboxylic acids is 2. The van der Waals surface area contributed by atoms with Crippen LogP contribution in [0, 0.1) is 11.6 Å². The standard InChI is InChI=1S/C23H20F5N5O3/c1-12(23(26,27)28)36-22(35)32-18-7-6-14(15-8-9-31-33-19(15)11-30-21(29)34)16(20(18)25)10-13-4-2-3-5-17(13)24/h2-9,12H,10-11H2,1H3,(H,32,35)(H3,29,30,34)/t12-/m0/s1. The Bertz CT molecular complexity index is 1270. The Morgan fingerprint density at radius 3 is 2.47 bits per heavy atom. The highest BCUT2D eigenvalue weighted by Crippen LogP contribution is 2.34. The van der Waals surface area contributed by atoms with Crippen LogP contribution in [0.4, 0.5) is 37.2 Å². The second-order valence-corrected chi connectivity index (χ2v) is 7.54. The van der Waals surface area contributed by atoms with Crippen LogP contribution in [0.1, 0.15) is 23.7 Å². The summed E-state index contributed by atoms with van der Waals surface area (Å²) in [4.78, 5) is 23.1. The molecule has 3 aromatic rings. The quantitative estimate of drug-likeness (QED) is 0.400. The van der Waals surface area contributed by atoms with Gasteiger partial charge in [-0.25, -0.2) is 18.4 Å². The number of benzene rings is 2. The molecular weight excluding hydrogens is 489 g/mol. The number of nitrogens with two attached hydrogens (primary N) is 1. The molecule has 190 valence electrons. The summed E-state index contributed by atoms with van der Waals surface area (Å²) in [6, 6.07) is 8.73. The average Bonchev–Trinajstić information content (AvgIpc) is 2.81. The zero-order chi connectivity index (χ0) is 26.5. The van der Waals surface area contributed by atoms with Gasteiger partial charge in [0.25, 0.3) is 0 Å². The Kier molecular flexibility index (Phi) is 8.02. The monoisotopic (exact) mass is 509 g/mol. The molecule has 0 aliphatic carbocycles. The predicted octanol–water partition coefficient (Wildman–Crippen LogP) is 4.68. The smallest absolute Gasteiger partial charge is 0.425 e. The van der Waals surface area contributed by atoms with Gasteiger partial charge < -0.3 is 15.8 Å². The molecule has 36 heavy (non-hydrogen) atoms. The summed E-state index contributed by atoms with van der Waals surface area (Å²) < 4.78 is 72.4. The van der Waals surface area contributed by atoms with Crippen molar-refractivity contribution < 1.29 is 36.3 Å². The Hall–Kier alpha value is -4.29. The van der Waals surface area contributed by atoms with E-state index in [-0.39, 0.29) is 35.3 Å². The molecule has 2 aromatic carbocycles. The number of amides is 3. The summed E-state index contributed by atoms with van der Waals surface area (Å²) in [6.07, 6.45) is -7.74. The molecule has 0 spiro atoms. The highest BCUT2D eigenvalue weighted by molar-refractivity contribution is 5.86. The van der Waals surface area contributed by atoms with Gasteiger partial charge in [-0.1, -0.05) is 24.3 Å². The highest BCUT2D eigenvalue weighted by atomic mass is 19.4. The maximum absolute atomic E-state index is 15.7. The largest absolute Gasteiger partial charge is 0.437 e. The van der Waals surface area contributed by atoms with E-state index in [0.29, 0.717) is 12.5 Å². The van der Waals surface area contributed by atoms with Gasteiger partial charge >= 0.3 is 18.3 Å². The Morgan fingerprint density at radius 2 is 1.81 bits per heavy atom. The van der Waals surface area contributed by atoms with Crippen molar-refractivity contribution in [3.05, 3.63) is 77.1 Å². The molecule has 0 radical (unpaired) electrons. The lowest BCUT2D eigenvalue weighted by Crippen LogP contribution is -2.32. The lowest BCUT2D eigenvalue weighted by molar-refractivity contribution is -0.196. The fourth-order valence-corrected chi connectivity index (χ4v) is 3.25. The van der Waals surface area contributed by atoms with Gasteiger partial charge in [0.1, 0.15) is 5.82 Å². The molecular formula is C23H20F5N5O3. The SMILES string of the molecule is C[C@H](OC(=O)Nc1ccc(-c2ccnnc2CNC(N)=O)c(Cc2ccccc2F)c1F)C(F)(F)F. The zero-order valence-corrected chi connectivity index (χ0v) is 18.7. The van der Waals surface area contributed by atoms with Crippen molar-refractivity contribution in [1.29, 1.82) is 0 Å². The van der Waals surface area contributed by atoms with Crippen molar-refractivity contribution in [3.8, 4) is 11.1 Å². The first-order chi connectivity index (χ1) is 17.0. The van der Waals surface area contributed by atoms with Gasteiger partial charge in [0.15, 0.2) is 11.9 Å². The van der Waals surface area contributed by atoms with Crippen molar-refractivity contribution in [2.24, 2.45) is 5.73 Å². The molecule has 8 nitrogen and oxygen atoms in total. The third kappa shape index (κ3) is 6.43. The third-order valence-corrected chi connectivity index (χ3v) is 5.07. The van der Waals surface area contributed by atoms with Crippen LogP contribution in [-0.2, 0) is 17.7 Å². The normalized spacial score (nSPS) is 12.1. The number of alkyl halides is 3. The predicted molar refractivity (Wildman–Crippen MR) is 119 cm³/mol. The van der Waals surface area contributed by atoms with Crippen LogP contribution >= 0.6 is 0 Å². The van der Waals surface area contributed by atoms with Crippen LogP contribution < -0.4 is 16.4 Å². The molecule has 13 heteroatoms. The van der Waals surface area contributed by atoms with E-state index >= 15 is 4.39 Å². The van der Waals surface area contributed by atoms with Crippen molar-refractivity contribution in [1.82, 2.24) is 15.5 Å². The molecule has 3 amide bonds. The van der Waals surface area contributed by atoms with E-state index in [1.165, 1.54) is 36.5 Å². The van der Waals surface area contributed by atoms with Gasteiger partial charge in [-0.05, 0) is 36.2 Å². The molecule has 0 aliphatic rings. The number of nitrogens with one attached hydrogen (secondary N) is 2. The van der Waals surface area contributed by atoms with Crippen LogP contribution in [0.25, 0.3) is 11.1 Å². The van der Waals surface area contributed by atoms with Gasteiger partial charge in [-0.15, -0.1) is 0 Å². The van der Waals surface area contributed by atoms with Crippen LogP contribution in [0.5, 0.6) is 0 Å². The maximum atomic E-state index is 15.7. The molecule has 0 aliphatic heterocycles. The summed E-state index contributed by atoms with van der Waals surface area (Å²) in [7, 11) is 0. The molecule has 0 saturated heterocycles. The number of aromatic nitrogens is 2. The van der Waals surface area contributed by atoms with Gasteiger partial charge in [-0.2, -0.15) is 23.4 Å². The van der Waals surface area contributed by atoms with Crippen molar-refractivity contribution >= 4 is 17.8 Å². The van der Waals surface area contributed by atoms with Gasteiger partial charge in [0, 0.05) is 17.5 Å². The zero-order valence-electron chi connectivity index (χ0n) is 18.7. The number of hydrogen-bond acceptors (Lipinski definition) is 5. The van der Waals surface area contributed by atoms with E-state index in [1.54, 1.807) is 6.07 Å². The van der Waals surface area contributed by atoms with Crippen molar-refractivity contribution in [2.45, 2.75) is 32.2 Å². The second-order valence-electron chi connectivity index (χ2n) is 7.54. The van der Waals surface area contributed by atoms with Gasteiger partial charge in [-0.3, -0.25) is 5.32 Å². The summed E-state index contributed by atoms with van der Waals surface area (Å²) in [5, 5.41) is 12.0. The minimum atomic E-state index is -4.81. The topological polar surface area (TPSA) is 119 Å². The lowest BCUT2D eigenvalue weighted by atomic mass is 9.93.